The largest absolute Gasteiger partial charge is 0.396 e. The molecule has 0 fully saturated rings. The Morgan fingerprint density at radius 1 is 0.727 bits per heavy atom. The van der Waals surface area contributed by atoms with Crippen LogP contribution in [0.3, 0.4) is 0 Å². The van der Waals surface area contributed by atoms with Crippen molar-refractivity contribution < 1.29 is 9.90 Å². The number of unbranched alkanes of at least 4 members (excludes halogenated alkanes) is 12. The smallest absolute Gasteiger partial charge is 0.219 e. The Morgan fingerprint density at radius 2 is 1.18 bits per heavy atom. The molecule has 0 aliphatic rings. The van der Waals surface area contributed by atoms with Crippen LogP contribution in [0.4, 0.5) is 0 Å². The summed E-state index contributed by atoms with van der Waals surface area (Å²) in [5, 5.41) is 11.5. The Labute approximate surface area is 138 Å². The molecule has 1 amide bonds. The summed E-state index contributed by atoms with van der Waals surface area (Å²) in [6.45, 7) is 3.02. The highest BCUT2D eigenvalue weighted by molar-refractivity contribution is 5.75. The molecule has 0 aromatic heterocycles. The molecule has 0 saturated carbocycles. The highest BCUT2D eigenvalue weighted by atomic mass is 16.3. The molecule has 3 heteroatoms. The summed E-state index contributed by atoms with van der Waals surface area (Å²) in [7, 11) is 0. The van der Waals surface area contributed by atoms with E-state index in [1.165, 1.54) is 77.0 Å². The summed E-state index contributed by atoms with van der Waals surface area (Å²) in [6.07, 6.45) is 18.6. The number of hydrogen-bond acceptors (Lipinski definition) is 2. The summed E-state index contributed by atoms with van der Waals surface area (Å²) < 4.78 is 0. The van der Waals surface area contributed by atoms with Gasteiger partial charge in [0.1, 0.15) is 0 Å². The second-order valence-electron chi connectivity index (χ2n) is 6.42. The van der Waals surface area contributed by atoms with Crippen LogP contribution in [-0.4, -0.2) is 24.2 Å². The van der Waals surface area contributed by atoms with Crippen LogP contribution in [-0.2, 0) is 4.79 Å². The minimum absolute atomic E-state index is 0.136. The SMILES string of the molecule is CCCCCCCCCCCCCCCC(=O)NCCCO. The van der Waals surface area contributed by atoms with Crippen LogP contribution in [0.2, 0.25) is 0 Å². The van der Waals surface area contributed by atoms with Gasteiger partial charge in [-0.3, -0.25) is 4.79 Å². The lowest BCUT2D eigenvalue weighted by atomic mass is 10.0. The summed E-state index contributed by atoms with van der Waals surface area (Å²) >= 11 is 0. The van der Waals surface area contributed by atoms with E-state index in [0.29, 0.717) is 19.4 Å². The van der Waals surface area contributed by atoms with E-state index in [2.05, 4.69) is 12.2 Å². The fourth-order valence-corrected chi connectivity index (χ4v) is 2.70. The van der Waals surface area contributed by atoms with E-state index in [9.17, 15) is 4.79 Å². The van der Waals surface area contributed by atoms with Gasteiger partial charge in [-0.1, -0.05) is 84.0 Å². The van der Waals surface area contributed by atoms with Gasteiger partial charge in [0.25, 0.3) is 0 Å². The summed E-state index contributed by atoms with van der Waals surface area (Å²) in [4.78, 5) is 11.4. The Bertz CT molecular complexity index is 231. The lowest BCUT2D eigenvalue weighted by Gasteiger charge is -2.04. The first-order valence-electron chi connectivity index (χ1n) is 9.68. The number of aliphatic hydroxyl groups is 1. The molecule has 132 valence electrons. The van der Waals surface area contributed by atoms with Gasteiger partial charge in [-0.25, -0.2) is 0 Å². The number of carbonyl (C=O) groups is 1. The molecule has 0 radical (unpaired) electrons. The van der Waals surface area contributed by atoms with E-state index in [-0.39, 0.29) is 12.5 Å². The van der Waals surface area contributed by atoms with E-state index in [0.717, 1.165) is 6.42 Å². The van der Waals surface area contributed by atoms with Gasteiger partial charge in [-0.05, 0) is 12.8 Å². The predicted octanol–water partition coefficient (Wildman–Crippen LogP) is 4.97. The molecule has 0 aromatic carbocycles. The number of rotatable bonds is 17. The summed E-state index contributed by atoms with van der Waals surface area (Å²) in [5.74, 6) is 0.136. The molecule has 0 aromatic rings. The standard InChI is InChI=1S/C19H39NO2/c1-2-3-4-5-6-7-8-9-10-11-12-13-14-16-19(22)20-17-15-18-21/h21H,2-18H2,1H3,(H,20,22). The average molecular weight is 314 g/mol. The van der Waals surface area contributed by atoms with Crippen LogP contribution in [0.5, 0.6) is 0 Å². The zero-order valence-corrected chi connectivity index (χ0v) is 14.9. The molecule has 2 N–H and O–H groups in total. The maximum absolute atomic E-state index is 11.4. The van der Waals surface area contributed by atoms with Gasteiger partial charge in [0.05, 0.1) is 0 Å². The van der Waals surface area contributed by atoms with Crippen molar-refractivity contribution in [2.75, 3.05) is 13.2 Å². The molecule has 0 atom stereocenters. The Hall–Kier alpha value is -0.570. The van der Waals surface area contributed by atoms with Crippen LogP contribution in [0, 0.1) is 0 Å². The van der Waals surface area contributed by atoms with Crippen molar-refractivity contribution in [1.29, 1.82) is 0 Å². The zero-order valence-electron chi connectivity index (χ0n) is 14.9. The fraction of sp³-hybridized carbons (Fsp3) is 0.947. The monoisotopic (exact) mass is 313 g/mol. The average Bonchev–Trinajstić information content (AvgIpc) is 2.52. The number of nitrogens with one attached hydrogen (secondary N) is 1. The molecular weight excluding hydrogens is 274 g/mol. The first kappa shape index (κ1) is 21.4. The molecular formula is C19H39NO2. The lowest BCUT2D eigenvalue weighted by molar-refractivity contribution is -0.121. The maximum atomic E-state index is 11.4. The molecule has 0 aliphatic carbocycles. The predicted molar refractivity (Wildman–Crippen MR) is 95.0 cm³/mol. The Morgan fingerprint density at radius 3 is 1.64 bits per heavy atom. The molecule has 0 spiro atoms. The second kappa shape index (κ2) is 18.5. The van der Waals surface area contributed by atoms with Crippen LogP contribution >= 0.6 is 0 Å². The Balaban J connectivity index is 3.06. The zero-order chi connectivity index (χ0) is 16.3. The van der Waals surface area contributed by atoms with E-state index in [1.807, 2.05) is 0 Å². The summed E-state index contributed by atoms with van der Waals surface area (Å²) in [6, 6.07) is 0. The maximum Gasteiger partial charge on any atom is 0.219 e. The van der Waals surface area contributed by atoms with Gasteiger partial charge >= 0.3 is 0 Å². The molecule has 0 bridgehead atoms. The molecule has 0 rings (SSSR count). The van der Waals surface area contributed by atoms with Crippen molar-refractivity contribution in [2.45, 2.75) is 103 Å². The lowest BCUT2D eigenvalue weighted by Crippen LogP contribution is -2.24. The molecule has 0 aliphatic heterocycles. The normalized spacial score (nSPS) is 10.8. The molecule has 0 saturated heterocycles. The molecule has 3 nitrogen and oxygen atoms in total. The third-order valence-corrected chi connectivity index (χ3v) is 4.16. The van der Waals surface area contributed by atoms with E-state index in [4.69, 9.17) is 5.11 Å². The first-order valence-corrected chi connectivity index (χ1v) is 9.68. The van der Waals surface area contributed by atoms with Crippen molar-refractivity contribution >= 4 is 5.91 Å². The molecule has 0 heterocycles. The van der Waals surface area contributed by atoms with Crippen LogP contribution in [0.15, 0.2) is 0 Å². The van der Waals surface area contributed by atoms with Gasteiger partial charge in [0.2, 0.25) is 5.91 Å². The minimum atomic E-state index is 0.136. The quantitative estimate of drug-likeness (QED) is 0.373. The van der Waals surface area contributed by atoms with E-state index >= 15 is 0 Å². The fourth-order valence-electron chi connectivity index (χ4n) is 2.70. The van der Waals surface area contributed by atoms with Gasteiger partial charge in [-0.2, -0.15) is 0 Å². The summed E-state index contributed by atoms with van der Waals surface area (Å²) in [5.41, 5.74) is 0. The van der Waals surface area contributed by atoms with Crippen molar-refractivity contribution in [1.82, 2.24) is 5.32 Å². The van der Waals surface area contributed by atoms with Gasteiger partial charge in [0, 0.05) is 19.6 Å². The number of aliphatic hydroxyl groups excluding tert-OH is 1. The van der Waals surface area contributed by atoms with Crippen molar-refractivity contribution in [3.8, 4) is 0 Å². The highest BCUT2D eigenvalue weighted by Crippen LogP contribution is 2.12. The number of amides is 1. The molecule has 22 heavy (non-hydrogen) atoms. The van der Waals surface area contributed by atoms with Gasteiger partial charge in [-0.15, -0.1) is 0 Å². The number of carbonyl (C=O) groups excluding carboxylic acids is 1. The van der Waals surface area contributed by atoms with E-state index in [1.54, 1.807) is 0 Å². The first-order chi connectivity index (χ1) is 10.8. The molecule has 0 unspecified atom stereocenters. The van der Waals surface area contributed by atoms with E-state index < -0.39 is 0 Å². The van der Waals surface area contributed by atoms with Crippen molar-refractivity contribution in [2.24, 2.45) is 0 Å². The van der Waals surface area contributed by atoms with Crippen LogP contribution in [0.25, 0.3) is 0 Å². The Kier molecular flexibility index (Phi) is 18.0. The van der Waals surface area contributed by atoms with Gasteiger partial charge in [0.15, 0.2) is 0 Å². The van der Waals surface area contributed by atoms with Crippen molar-refractivity contribution in [3.63, 3.8) is 0 Å². The van der Waals surface area contributed by atoms with Crippen LogP contribution < -0.4 is 5.32 Å². The van der Waals surface area contributed by atoms with Crippen LogP contribution in [0.1, 0.15) is 103 Å². The minimum Gasteiger partial charge on any atom is -0.396 e. The van der Waals surface area contributed by atoms with Gasteiger partial charge < -0.3 is 10.4 Å². The topological polar surface area (TPSA) is 49.3 Å². The number of hydrogen-bond donors (Lipinski definition) is 2. The third kappa shape index (κ3) is 17.5. The van der Waals surface area contributed by atoms with Crippen molar-refractivity contribution in [3.05, 3.63) is 0 Å². The highest BCUT2D eigenvalue weighted by Gasteiger charge is 2.00. The third-order valence-electron chi connectivity index (χ3n) is 4.16. The second-order valence-corrected chi connectivity index (χ2v) is 6.42.